The van der Waals surface area contributed by atoms with Crippen LogP contribution in [0.25, 0.3) is 0 Å². The van der Waals surface area contributed by atoms with Crippen molar-refractivity contribution in [2.24, 2.45) is 17.6 Å². The van der Waals surface area contributed by atoms with Crippen LogP contribution in [0.3, 0.4) is 0 Å². The van der Waals surface area contributed by atoms with Crippen LogP contribution in [-0.4, -0.2) is 18.8 Å². The van der Waals surface area contributed by atoms with Crippen molar-refractivity contribution in [3.8, 4) is 0 Å². The lowest BCUT2D eigenvalue weighted by Crippen LogP contribution is -2.54. The van der Waals surface area contributed by atoms with Crippen LogP contribution in [0.2, 0.25) is 0 Å². The quantitative estimate of drug-likeness (QED) is 0.758. The molecule has 1 rings (SSSR count). The van der Waals surface area contributed by atoms with Gasteiger partial charge in [0.15, 0.2) is 0 Å². The Kier molecular flexibility index (Phi) is 3.96. The van der Waals surface area contributed by atoms with E-state index >= 15 is 0 Å². The largest absolute Gasteiger partial charge is 0.377 e. The Bertz CT molecular complexity index is 171. The topological polar surface area (TPSA) is 35.2 Å². The Balaban J connectivity index is 2.67. The zero-order valence-corrected chi connectivity index (χ0v) is 10.0. The molecule has 1 unspecified atom stereocenters. The molecule has 1 aliphatic carbocycles. The maximum absolute atomic E-state index is 6.26. The van der Waals surface area contributed by atoms with Gasteiger partial charge in [0.2, 0.25) is 0 Å². The molecule has 1 fully saturated rings. The van der Waals surface area contributed by atoms with E-state index in [0.717, 1.165) is 18.8 Å². The standard InChI is InChI=1S/C12H25NO/c1-9(2)11(13)12(14-4)7-5-10(3)6-8-12/h9-11H,5-8,13H2,1-4H3. The molecule has 0 heterocycles. The number of hydrogen-bond acceptors (Lipinski definition) is 2. The number of ether oxygens (including phenoxy) is 1. The minimum absolute atomic E-state index is 0.0410. The molecule has 0 saturated heterocycles. The third kappa shape index (κ3) is 2.29. The summed E-state index contributed by atoms with van der Waals surface area (Å²) < 4.78 is 5.73. The molecule has 2 N–H and O–H groups in total. The van der Waals surface area contributed by atoms with Crippen LogP contribution in [0, 0.1) is 11.8 Å². The van der Waals surface area contributed by atoms with Crippen molar-refractivity contribution in [1.82, 2.24) is 0 Å². The van der Waals surface area contributed by atoms with Gasteiger partial charge in [-0.3, -0.25) is 0 Å². The van der Waals surface area contributed by atoms with Gasteiger partial charge in [-0.15, -0.1) is 0 Å². The van der Waals surface area contributed by atoms with Crippen molar-refractivity contribution in [3.63, 3.8) is 0 Å². The predicted molar refractivity (Wildman–Crippen MR) is 60.2 cm³/mol. The van der Waals surface area contributed by atoms with Crippen LogP contribution in [0.4, 0.5) is 0 Å². The minimum Gasteiger partial charge on any atom is -0.377 e. The highest BCUT2D eigenvalue weighted by atomic mass is 16.5. The molecule has 1 saturated carbocycles. The smallest absolute Gasteiger partial charge is 0.0831 e. The normalized spacial score (nSPS) is 36.0. The van der Waals surface area contributed by atoms with Crippen molar-refractivity contribution in [2.75, 3.05) is 7.11 Å². The maximum Gasteiger partial charge on any atom is 0.0831 e. The molecule has 14 heavy (non-hydrogen) atoms. The van der Waals surface area contributed by atoms with E-state index in [-0.39, 0.29) is 11.6 Å². The Morgan fingerprint density at radius 3 is 2.14 bits per heavy atom. The zero-order chi connectivity index (χ0) is 10.8. The van der Waals surface area contributed by atoms with Gasteiger partial charge < -0.3 is 10.5 Å². The monoisotopic (exact) mass is 199 g/mol. The van der Waals surface area contributed by atoms with Gasteiger partial charge >= 0.3 is 0 Å². The number of hydrogen-bond donors (Lipinski definition) is 1. The second-order valence-corrected chi connectivity index (χ2v) is 5.22. The summed E-state index contributed by atoms with van der Waals surface area (Å²) in [6.07, 6.45) is 4.77. The summed E-state index contributed by atoms with van der Waals surface area (Å²) in [6.45, 7) is 6.69. The highest BCUT2D eigenvalue weighted by Crippen LogP contribution is 2.37. The molecule has 84 valence electrons. The molecular formula is C12H25NO. The van der Waals surface area contributed by atoms with Crippen LogP contribution in [-0.2, 0) is 4.74 Å². The van der Waals surface area contributed by atoms with Crippen LogP contribution < -0.4 is 5.73 Å². The van der Waals surface area contributed by atoms with Gasteiger partial charge in [0, 0.05) is 13.2 Å². The van der Waals surface area contributed by atoms with Gasteiger partial charge in [-0.05, 0) is 37.5 Å². The Morgan fingerprint density at radius 2 is 1.79 bits per heavy atom. The van der Waals surface area contributed by atoms with Gasteiger partial charge in [0.05, 0.1) is 5.60 Å². The van der Waals surface area contributed by atoms with E-state index in [4.69, 9.17) is 10.5 Å². The van der Waals surface area contributed by atoms with Crippen LogP contribution in [0.15, 0.2) is 0 Å². The van der Waals surface area contributed by atoms with Crippen LogP contribution >= 0.6 is 0 Å². The summed E-state index contributed by atoms with van der Waals surface area (Å²) >= 11 is 0. The first-order valence-electron chi connectivity index (χ1n) is 5.82. The molecule has 1 atom stereocenters. The molecule has 1 aliphatic rings. The third-order valence-corrected chi connectivity index (χ3v) is 3.85. The second kappa shape index (κ2) is 4.63. The molecular weight excluding hydrogens is 174 g/mol. The Hall–Kier alpha value is -0.0800. The molecule has 0 aromatic heterocycles. The molecule has 2 nitrogen and oxygen atoms in total. The lowest BCUT2D eigenvalue weighted by Gasteiger charge is -2.44. The van der Waals surface area contributed by atoms with E-state index in [1.54, 1.807) is 0 Å². The summed E-state index contributed by atoms with van der Waals surface area (Å²) in [6, 6.07) is 0.181. The first kappa shape index (κ1) is 12.0. The van der Waals surface area contributed by atoms with Gasteiger partial charge in [-0.2, -0.15) is 0 Å². The number of nitrogens with two attached hydrogens (primary N) is 1. The molecule has 0 radical (unpaired) electrons. The predicted octanol–water partition coefficient (Wildman–Crippen LogP) is 2.57. The van der Waals surface area contributed by atoms with Gasteiger partial charge in [0.1, 0.15) is 0 Å². The minimum atomic E-state index is -0.0410. The van der Waals surface area contributed by atoms with E-state index < -0.39 is 0 Å². The molecule has 0 bridgehead atoms. The maximum atomic E-state index is 6.26. The van der Waals surface area contributed by atoms with E-state index in [0.29, 0.717) is 5.92 Å². The van der Waals surface area contributed by atoms with Gasteiger partial charge in [-0.25, -0.2) is 0 Å². The lowest BCUT2D eigenvalue weighted by atomic mass is 9.73. The van der Waals surface area contributed by atoms with Crippen molar-refractivity contribution in [2.45, 2.75) is 58.1 Å². The summed E-state index contributed by atoms with van der Waals surface area (Å²) in [5.74, 6) is 1.35. The fourth-order valence-corrected chi connectivity index (χ4v) is 2.53. The van der Waals surface area contributed by atoms with E-state index in [1.165, 1.54) is 12.8 Å². The van der Waals surface area contributed by atoms with E-state index in [2.05, 4.69) is 20.8 Å². The fourth-order valence-electron chi connectivity index (χ4n) is 2.53. The molecule has 0 amide bonds. The molecule has 2 heteroatoms. The average Bonchev–Trinajstić information content (AvgIpc) is 2.18. The van der Waals surface area contributed by atoms with E-state index in [9.17, 15) is 0 Å². The third-order valence-electron chi connectivity index (χ3n) is 3.85. The molecule has 0 spiro atoms. The van der Waals surface area contributed by atoms with Crippen molar-refractivity contribution < 1.29 is 4.74 Å². The summed E-state index contributed by atoms with van der Waals surface area (Å²) in [5.41, 5.74) is 6.22. The zero-order valence-electron chi connectivity index (χ0n) is 10.0. The van der Waals surface area contributed by atoms with Crippen molar-refractivity contribution in [1.29, 1.82) is 0 Å². The van der Waals surface area contributed by atoms with Crippen molar-refractivity contribution >= 4 is 0 Å². The summed E-state index contributed by atoms with van der Waals surface area (Å²) in [5, 5.41) is 0. The average molecular weight is 199 g/mol. The first-order chi connectivity index (χ1) is 6.52. The second-order valence-electron chi connectivity index (χ2n) is 5.22. The summed E-state index contributed by atoms with van der Waals surface area (Å²) in [4.78, 5) is 0. The molecule has 0 aliphatic heterocycles. The number of methoxy groups -OCH3 is 1. The van der Waals surface area contributed by atoms with Crippen molar-refractivity contribution in [3.05, 3.63) is 0 Å². The molecule has 0 aromatic rings. The Labute approximate surface area is 88.2 Å². The number of rotatable bonds is 3. The molecule has 0 aromatic carbocycles. The van der Waals surface area contributed by atoms with Crippen LogP contribution in [0.1, 0.15) is 46.5 Å². The van der Waals surface area contributed by atoms with Gasteiger partial charge in [0.25, 0.3) is 0 Å². The van der Waals surface area contributed by atoms with E-state index in [1.807, 2.05) is 7.11 Å². The highest BCUT2D eigenvalue weighted by molar-refractivity contribution is 4.95. The fraction of sp³-hybridized carbons (Fsp3) is 1.00. The summed E-state index contributed by atoms with van der Waals surface area (Å²) in [7, 11) is 1.82. The Morgan fingerprint density at radius 1 is 1.29 bits per heavy atom. The SMILES string of the molecule is COC1(C(N)C(C)C)CCC(C)CC1. The highest BCUT2D eigenvalue weighted by Gasteiger charge is 2.40. The van der Waals surface area contributed by atoms with Crippen LogP contribution in [0.5, 0.6) is 0 Å². The van der Waals surface area contributed by atoms with Gasteiger partial charge in [-0.1, -0.05) is 20.8 Å². The first-order valence-corrected chi connectivity index (χ1v) is 5.82. The lowest BCUT2D eigenvalue weighted by molar-refractivity contribution is -0.0754.